The number of aryl methyl sites for hydroxylation is 1. The van der Waals surface area contributed by atoms with Gasteiger partial charge in [0.25, 0.3) is 0 Å². The number of hydrogen-bond donors (Lipinski definition) is 0. The Bertz CT molecular complexity index is 936. The molecule has 0 bridgehead atoms. The maximum atomic E-state index is 11.2. The third kappa shape index (κ3) is 4.82. The van der Waals surface area contributed by atoms with E-state index in [1.165, 1.54) is 0 Å². The number of aldehydes is 1. The minimum absolute atomic E-state index is 0.0803. The van der Waals surface area contributed by atoms with E-state index in [0.29, 0.717) is 5.56 Å². The van der Waals surface area contributed by atoms with Gasteiger partial charge in [-0.2, -0.15) is 15.1 Å². The van der Waals surface area contributed by atoms with Gasteiger partial charge in [0, 0.05) is 11.5 Å². The second-order valence-corrected chi connectivity index (χ2v) is 6.61. The summed E-state index contributed by atoms with van der Waals surface area (Å²) in [5.74, 6) is -0.257. The predicted octanol–water partition coefficient (Wildman–Crippen LogP) is 6.18. The zero-order valence-corrected chi connectivity index (χ0v) is 15.6. The van der Waals surface area contributed by atoms with Gasteiger partial charge in [-0.3, -0.25) is 4.79 Å². The molecule has 0 radical (unpaired) electrons. The lowest BCUT2D eigenvalue weighted by Crippen LogP contribution is -2.13. The Kier molecular flexibility index (Phi) is 6.52. The minimum atomic E-state index is -0.402. The van der Waals surface area contributed by atoms with Crippen molar-refractivity contribution in [1.82, 2.24) is 0 Å². The monoisotopic (exact) mass is 371 g/mol. The molecule has 3 aromatic carbocycles. The van der Waals surface area contributed by atoms with Gasteiger partial charge in [0.2, 0.25) is 0 Å². The molecule has 0 spiro atoms. The number of carbonyl (C=O) groups is 1. The molecule has 2 atom stereocenters. The van der Waals surface area contributed by atoms with Crippen LogP contribution in [-0.4, -0.2) is 12.8 Å². The zero-order valence-electron chi connectivity index (χ0n) is 15.6. The molecule has 0 aromatic heterocycles. The first-order chi connectivity index (χ1) is 13.7. The Morgan fingerprint density at radius 2 is 1.50 bits per heavy atom. The number of rotatable bonds is 8. The summed E-state index contributed by atoms with van der Waals surface area (Å²) < 4.78 is 0. The molecule has 0 aliphatic carbocycles. The number of azo groups is 1. The van der Waals surface area contributed by atoms with Crippen molar-refractivity contribution in [1.29, 1.82) is 0 Å². The summed E-state index contributed by atoms with van der Waals surface area (Å²) in [5, 5.41) is 12.1. The van der Waals surface area contributed by atoms with Crippen LogP contribution in [0.15, 0.2) is 94.3 Å². The minimum Gasteiger partial charge on any atom is -0.298 e. The van der Waals surface area contributed by atoms with E-state index in [-0.39, 0.29) is 12.5 Å². The van der Waals surface area contributed by atoms with E-state index in [0.717, 1.165) is 28.7 Å². The lowest BCUT2D eigenvalue weighted by molar-refractivity contribution is 0.112. The second-order valence-electron chi connectivity index (χ2n) is 6.61. The molecule has 140 valence electrons. The van der Waals surface area contributed by atoms with Gasteiger partial charge in [-0.25, -0.2) is 0 Å². The smallest absolute Gasteiger partial charge is 0.150 e. The Morgan fingerprint density at radius 3 is 2.11 bits per heavy atom. The molecule has 5 nitrogen and oxygen atoms in total. The molecule has 0 saturated carbocycles. The first kappa shape index (κ1) is 19.3. The molecule has 2 unspecified atom stereocenters. The molecule has 0 amide bonds. The number of nitroso groups, excluding NO2 is 1. The van der Waals surface area contributed by atoms with E-state index in [4.69, 9.17) is 0 Å². The fourth-order valence-corrected chi connectivity index (χ4v) is 3.06. The van der Waals surface area contributed by atoms with Crippen LogP contribution in [0, 0.1) is 11.8 Å². The Morgan fingerprint density at radius 1 is 0.857 bits per heavy atom. The molecule has 0 aliphatic heterocycles. The van der Waals surface area contributed by atoms with Crippen molar-refractivity contribution in [2.24, 2.45) is 15.4 Å². The fourth-order valence-electron chi connectivity index (χ4n) is 3.06. The molecular weight excluding hydrogens is 350 g/mol. The standard InChI is InChI=1S/C23H21N3O2/c1-17-7-11-19(12-8-17)22(15-24-28)23(20-13-9-18(16-27)10-14-20)26-25-21-5-3-2-4-6-21/h2-14,16,22-23H,15H2,1H3/b26-25+. The predicted molar refractivity (Wildman–Crippen MR) is 110 cm³/mol. The van der Waals surface area contributed by atoms with E-state index in [2.05, 4.69) is 15.4 Å². The largest absolute Gasteiger partial charge is 0.298 e. The lowest BCUT2D eigenvalue weighted by atomic mass is 9.87. The third-order valence-electron chi connectivity index (χ3n) is 4.63. The summed E-state index contributed by atoms with van der Waals surface area (Å²) in [6.45, 7) is 2.10. The van der Waals surface area contributed by atoms with Crippen molar-refractivity contribution >= 4 is 12.0 Å². The average molecular weight is 371 g/mol. The van der Waals surface area contributed by atoms with Crippen LogP contribution >= 0.6 is 0 Å². The second kappa shape index (κ2) is 9.46. The molecule has 5 heteroatoms. The van der Waals surface area contributed by atoms with Crippen LogP contribution in [0.4, 0.5) is 5.69 Å². The zero-order chi connectivity index (χ0) is 19.8. The highest BCUT2D eigenvalue weighted by Crippen LogP contribution is 2.36. The maximum absolute atomic E-state index is 11.2. The summed E-state index contributed by atoms with van der Waals surface area (Å²) in [6, 6.07) is 24.2. The van der Waals surface area contributed by atoms with Crippen molar-refractivity contribution < 1.29 is 4.79 Å². The summed E-state index contributed by atoms with van der Waals surface area (Å²) in [6.07, 6.45) is 0.800. The van der Waals surface area contributed by atoms with E-state index < -0.39 is 6.04 Å². The molecule has 0 aliphatic rings. The van der Waals surface area contributed by atoms with Crippen molar-refractivity contribution in [3.8, 4) is 0 Å². The van der Waals surface area contributed by atoms with Gasteiger partial charge in [-0.15, -0.1) is 0 Å². The van der Waals surface area contributed by atoms with E-state index >= 15 is 0 Å². The highest BCUT2D eigenvalue weighted by molar-refractivity contribution is 5.74. The number of carbonyl (C=O) groups excluding carboxylic acids is 1. The van der Waals surface area contributed by atoms with Crippen LogP contribution < -0.4 is 0 Å². The molecule has 3 aromatic rings. The Labute approximate surface area is 164 Å². The highest BCUT2D eigenvalue weighted by Gasteiger charge is 2.25. The van der Waals surface area contributed by atoms with Crippen LogP contribution in [-0.2, 0) is 0 Å². The first-order valence-corrected chi connectivity index (χ1v) is 9.08. The van der Waals surface area contributed by atoms with Crippen LogP contribution in [0.3, 0.4) is 0 Å². The molecule has 0 N–H and O–H groups in total. The van der Waals surface area contributed by atoms with Gasteiger partial charge in [-0.05, 0) is 30.2 Å². The fraction of sp³-hybridized carbons (Fsp3) is 0.174. The van der Waals surface area contributed by atoms with Crippen molar-refractivity contribution in [3.63, 3.8) is 0 Å². The highest BCUT2D eigenvalue weighted by atomic mass is 16.3. The SMILES string of the molecule is Cc1ccc(C(CN=O)C(/N=N/c2ccccc2)c2ccc(C=O)cc2)cc1. The maximum Gasteiger partial charge on any atom is 0.150 e. The summed E-state index contributed by atoms with van der Waals surface area (Å²) in [4.78, 5) is 22.2. The summed E-state index contributed by atoms with van der Waals surface area (Å²) >= 11 is 0. The van der Waals surface area contributed by atoms with Gasteiger partial charge in [0.15, 0.2) is 0 Å². The Balaban J connectivity index is 2.03. The number of nitrogens with zero attached hydrogens (tertiary/aromatic N) is 3. The van der Waals surface area contributed by atoms with Crippen LogP contribution in [0.2, 0.25) is 0 Å². The van der Waals surface area contributed by atoms with Gasteiger partial charge in [-0.1, -0.05) is 77.5 Å². The van der Waals surface area contributed by atoms with Gasteiger partial charge >= 0.3 is 0 Å². The normalized spacial score (nSPS) is 13.2. The van der Waals surface area contributed by atoms with Crippen molar-refractivity contribution in [2.75, 3.05) is 6.54 Å². The third-order valence-corrected chi connectivity index (χ3v) is 4.63. The topological polar surface area (TPSA) is 71.2 Å². The van der Waals surface area contributed by atoms with Crippen LogP contribution in [0.1, 0.15) is 39.0 Å². The van der Waals surface area contributed by atoms with Gasteiger partial charge < -0.3 is 0 Å². The number of hydrogen-bond acceptors (Lipinski definition) is 5. The summed E-state index contributed by atoms with van der Waals surface area (Å²) in [5.41, 5.74) is 4.31. The van der Waals surface area contributed by atoms with Crippen molar-refractivity contribution in [3.05, 3.63) is 106 Å². The van der Waals surface area contributed by atoms with Gasteiger partial charge in [0.05, 0.1) is 12.2 Å². The van der Waals surface area contributed by atoms with E-state index in [9.17, 15) is 9.70 Å². The molecule has 0 heterocycles. The molecule has 0 fully saturated rings. The van der Waals surface area contributed by atoms with Crippen LogP contribution in [0.25, 0.3) is 0 Å². The van der Waals surface area contributed by atoms with Gasteiger partial charge in [0.1, 0.15) is 12.3 Å². The number of benzene rings is 3. The molecule has 3 rings (SSSR count). The average Bonchev–Trinajstić information content (AvgIpc) is 2.75. The molecule has 0 saturated heterocycles. The van der Waals surface area contributed by atoms with E-state index in [1.54, 1.807) is 12.1 Å². The lowest BCUT2D eigenvalue weighted by Gasteiger charge is -2.22. The van der Waals surface area contributed by atoms with Crippen molar-refractivity contribution in [2.45, 2.75) is 18.9 Å². The first-order valence-electron chi connectivity index (χ1n) is 9.08. The molecular formula is C23H21N3O2. The van der Waals surface area contributed by atoms with Crippen LogP contribution in [0.5, 0.6) is 0 Å². The van der Waals surface area contributed by atoms with E-state index in [1.807, 2.05) is 73.7 Å². The molecule has 28 heavy (non-hydrogen) atoms. The Hall–Kier alpha value is -3.47. The quantitative estimate of drug-likeness (QED) is 0.269. The summed E-state index contributed by atoms with van der Waals surface area (Å²) in [7, 11) is 0.